The van der Waals surface area contributed by atoms with E-state index in [-0.39, 0.29) is 0 Å². The van der Waals surface area contributed by atoms with E-state index in [0.717, 1.165) is 60.9 Å². The van der Waals surface area contributed by atoms with Crippen LogP contribution in [0.4, 0.5) is 0 Å². The van der Waals surface area contributed by atoms with Crippen LogP contribution in [-0.4, -0.2) is 0 Å². The third-order valence-corrected chi connectivity index (χ3v) is 10.1. The fourth-order valence-corrected chi connectivity index (χ4v) is 7.99. The van der Waals surface area contributed by atoms with Crippen LogP contribution in [0, 0.1) is 11.3 Å². The molecule has 0 fully saturated rings. The SMILES string of the molecule is N#Cc1ccccc1-c1ccccc1-c1cc(-c2ccc3c(c2)oc2ccccc23)ccc1-c1cccc2sc3ccccc3c12. The molecule has 0 atom stereocenters. The molecule has 2 nitrogen and oxygen atoms in total. The quantitative estimate of drug-likeness (QED) is 0.201. The Morgan fingerprint density at radius 1 is 0.435 bits per heavy atom. The van der Waals surface area contributed by atoms with Gasteiger partial charge < -0.3 is 4.42 Å². The maximum absolute atomic E-state index is 10.0. The van der Waals surface area contributed by atoms with Crippen molar-refractivity contribution in [2.45, 2.75) is 0 Å². The van der Waals surface area contributed by atoms with Crippen LogP contribution >= 0.6 is 11.3 Å². The van der Waals surface area contributed by atoms with Gasteiger partial charge in [-0.1, -0.05) is 109 Å². The number of thiophene rings is 1. The van der Waals surface area contributed by atoms with E-state index in [1.54, 1.807) is 0 Å². The lowest BCUT2D eigenvalue weighted by Gasteiger charge is -2.18. The number of nitrogens with zero attached hydrogens (tertiary/aromatic N) is 1. The van der Waals surface area contributed by atoms with Gasteiger partial charge in [-0.15, -0.1) is 11.3 Å². The highest BCUT2D eigenvalue weighted by Crippen LogP contribution is 2.46. The molecule has 3 heteroatoms. The molecule has 2 aromatic heterocycles. The predicted molar refractivity (Wildman–Crippen MR) is 193 cm³/mol. The molecule has 0 spiro atoms. The molecule has 0 aliphatic heterocycles. The minimum Gasteiger partial charge on any atom is -0.456 e. The second-order valence-corrected chi connectivity index (χ2v) is 12.6. The first-order chi connectivity index (χ1) is 22.8. The van der Waals surface area contributed by atoms with E-state index >= 15 is 0 Å². The lowest BCUT2D eigenvalue weighted by molar-refractivity contribution is 0.669. The van der Waals surface area contributed by atoms with Crippen molar-refractivity contribution in [2.75, 3.05) is 0 Å². The summed E-state index contributed by atoms with van der Waals surface area (Å²) in [6.45, 7) is 0. The zero-order valence-electron chi connectivity index (χ0n) is 24.7. The highest BCUT2D eigenvalue weighted by Gasteiger charge is 2.19. The highest BCUT2D eigenvalue weighted by molar-refractivity contribution is 7.25. The molecule has 214 valence electrons. The summed E-state index contributed by atoms with van der Waals surface area (Å²) in [5, 5.41) is 14.8. The zero-order valence-corrected chi connectivity index (χ0v) is 25.5. The summed E-state index contributed by atoms with van der Waals surface area (Å²) in [7, 11) is 0. The molecule has 0 saturated heterocycles. The number of furan rings is 1. The summed E-state index contributed by atoms with van der Waals surface area (Å²) in [6.07, 6.45) is 0. The summed E-state index contributed by atoms with van der Waals surface area (Å²) < 4.78 is 8.83. The molecule has 7 aromatic carbocycles. The number of hydrogen-bond donors (Lipinski definition) is 0. The van der Waals surface area contributed by atoms with Crippen LogP contribution in [0.2, 0.25) is 0 Å². The zero-order chi connectivity index (χ0) is 30.6. The van der Waals surface area contributed by atoms with Crippen molar-refractivity contribution in [2.24, 2.45) is 0 Å². The first kappa shape index (κ1) is 26.5. The second kappa shape index (κ2) is 10.6. The van der Waals surface area contributed by atoms with Crippen LogP contribution in [0.3, 0.4) is 0 Å². The smallest absolute Gasteiger partial charge is 0.136 e. The summed E-state index contributed by atoms with van der Waals surface area (Å²) in [5.41, 5.74) is 11.2. The summed E-state index contributed by atoms with van der Waals surface area (Å²) >= 11 is 1.83. The van der Waals surface area contributed by atoms with E-state index in [1.165, 1.54) is 25.7 Å². The Balaban J connectivity index is 1.33. The van der Waals surface area contributed by atoms with E-state index in [9.17, 15) is 5.26 Å². The highest BCUT2D eigenvalue weighted by atomic mass is 32.1. The minimum absolute atomic E-state index is 0.661. The second-order valence-electron chi connectivity index (χ2n) is 11.5. The average Bonchev–Trinajstić information content (AvgIpc) is 3.69. The molecule has 0 aliphatic rings. The molecule has 0 aliphatic carbocycles. The Bertz CT molecular complexity index is 2670. The Kier molecular flexibility index (Phi) is 6.09. The molecule has 9 aromatic rings. The fraction of sp³-hybridized carbons (Fsp3) is 0. The van der Waals surface area contributed by atoms with Gasteiger partial charge in [-0.25, -0.2) is 0 Å². The van der Waals surface area contributed by atoms with Crippen LogP contribution < -0.4 is 0 Å². The first-order valence-corrected chi connectivity index (χ1v) is 16.1. The van der Waals surface area contributed by atoms with E-state index in [2.05, 4.69) is 121 Å². The number of fused-ring (bicyclic) bond motifs is 6. The van der Waals surface area contributed by atoms with E-state index in [1.807, 2.05) is 47.7 Å². The van der Waals surface area contributed by atoms with Crippen LogP contribution in [-0.2, 0) is 0 Å². The number of benzene rings is 7. The van der Waals surface area contributed by atoms with Gasteiger partial charge in [0, 0.05) is 36.5 Å². The maximum Gasteiger partial charge on any atom is 0.136 e. The third kappa shape index (κ3) is 4.16. The van der Waals surface area contributed by atoms with Gasteiger partial charge in [0.2, 0.25) is 0 Å². The van der Waals surface area contributed by atoms with Crippen LogP contribution in [0.25, 0.3) is 86.6 Å². The van der Waals surface area contributed by atoms with Gasteiger partial charge in [0.25, 0.3) is 0 Å². The molecule has 0 N–H and O–H groups in total. The topological polar surface area (TPSA) is 36.9 Å². The standard InChI is InChI=1S/C43H25NOS/c44-26-29-10-1-2-11-30(29)31-12-3-4-13-32(31)38-24-27(28-21-23-35-34-14-5-7-17-39(34)45-40(35)25-28)20-22-33(38)36-16-9-19-42-43(36)37-15-6-8-18-41(37)46-42/h1-25H. The van der Waals surface area contributed by atoms with E-state index in [4.69, 9.17) is 4.42 Å². The van der Waals surface area contributed by atoms with Gasteiger partial charge in [0.15, 0.2) is 0 Å². The van der Waals surface area contributed by atoms with Gasteiger partial charge in [0.05, 0.1) is 11.6 Å². The predicted octanol–water partition coefficient (Wildman–Crippen LogP) is 12.5. The van der Waals surface area contributed by atoms with Gasteiger partial charge in [-0.3, -0.25) is 0 Å². The molecule has 0 unspecified atom stereocenters. The normalized spacial score (nSPS) is 11.5. The van der Waals surface area contributed by atoms with Crippen molar-refractivity contribution in [3.05, 3.63) is 157 Å². The van der Waals surface area contributed by atoms with Crippen molar-refractivity contribution in [1.82, 2.24) is 0 Å². The Morgan fingerprint density at radius 3 is 1.91 bits per heavy atom. The lowest BCUT2D eigenvalue weighted by Crippen LogP contribution is -1.92. The molecular weight excluding hydrogens is 579 g/mol. The number of nitriles is 1. The average molecular weight is 604 g/mol. The van der Waals surface area contributed by atoms with Crippen molar-refractivity contribution in [3.8, 4) is 50.6 Å². The van der Waals surface area contributed by atoms with E-state index < -0.39 is 0 Å². The first-order valence-electron chi connectivity index (χ1n) is 15.3. The lowest BCUT2D eigenvalue weighted by atomic mass is 9.85. The Labute approximate surface area is 270 Å². The van der Waals surface area contributed by atoms with E-state index in [0.29, 0.717) is 5.56 Å². The molecule has 0 saturated carbocycles. The number of hydrogen-bond acceptors (Lipinski definition) is 3. The summed E-state index contributed by atoms with van der Waals surface area (Å²) in [4.78, 5) is 0. The summed E-state index contributed by atoms with van der Waals surface area (Å²) in [5.74, 6) is 0. The largest absolute Gasteiger partial charge is 0.456 e. The van der Waals surface area contributed by atoms with Crippen molar-refractivity contribution >= 4 is 53.4 Å². The van der Waals surface area contributed by atoms with Crippen molar-refractivity contribution in [3.63, 3.8) is 0 Å². The molecular formula is C43H25NOS. The third-order valence-electron chi connectivity index (χ3n) is 8.98. The number of para-hydroxylation sites is 1. The Hall–Kier alpha value is -5.95. The van der Waals surface area contributed by atoms with Gasteiger partial charge in [-0.05, 0) is 81.4 Å². The Morgan fingerprint density at radius 2 is 1.04 bits per heavy atom. The molecule has 0 amide bonds. The van der Waals surface area contributed by atoms with Crippen molar-refractivity contribution in [1.29, 1.82) is 5.26 Å². The van der Waals surface area contributed by atoms with Crippen LogP contribution in [0.5, 0.6) is 0 Å². The molecule has 46 heavy (non-hydrogen) atoms. The van der Waals surface area contributed by atoms with Gasteiger partial charge in [-0.2, -0.15) is 5.26 Å². The number of rotatable bonds is 4. The molecule has 0 bridgehead atoms. The fourth-order valence-electron chi connectivity index (χ4n) is 6.85. The molecule has 0 radical (unpaired) electrons. The van der Waals surface area contributed by atoms with Crippen LogP contribution in [0.15, 0.2) is 156 Å². The van der Waals surface area contributed by atoms with Gasteiger partial charge >= 0.3 is 0 Å². The monoisotopic (exact) mass is 603 g/mol. The summed E-state index contributed by atoms with van der Waals surface area (Å²) in [6, 6.07) is 55.5. The van der Waals surface area contributed by atoms with Gasteiger partial charge in [0.1, 0.15) is 11.2 Å². The van der Waals surface area contributed by atoms with Crippen LogP contribution in [0.1, 0.15) is 5.56 Å². The molecule has 9 rings (SSSR count). The van der Waals surface area contributed by atoms with Crippen molar-refractivity contribution < 1.29 is 4.42 Å². The molecule has 2 heterocycles. The maximum atomic E-state index is 10.0. The minimum atomic E-state index is 0.661.